The molecule has 3 rings (SSSR count). The number of ketones is 1. The molecule has 1 N–H and O–H groups in total. The van der Waals surface area contributed by atoms with E-state index in [9.17, 15) is 9.59 Å². The molecule has 1 amide bonds. The Bertz CT molecular complexity index is 924. The molecule has 1 heterocycles. The third-order valence-corrected chi connectivity index (χ3v) is 3.63. The number of pyridine rings is 1. The van der Waals surface area contributed by atoms with Gasteiger partial charge in [-0.1, -0.05) is 18.2 Å². The molecule has 6 nitrogen and oxygen atoms in total. The average molecular weight is 362 g/mol. The number of carbonyl (C=O) groups excluding carboxylic acids is 2. The fourth-order valence-corrected chi connectivity index (χ4v) is 2.37. The number of nitrogens with one attached hydrogen (secondary N) is 1. The normalized spacial score (nSPS) is 10.1. The molecule has 0 radical (unpaired) electrons. The number of ether oxygens (including phenoxy) is 2. The van der Waals surface area contributed by atoms with Gasteiger partial charge in [0.25, 0.3) is 5.91 Å². The van der Waals surface area contributed by atoms with Crippen LogP contribution >= 0.6 is 0 Å². The molecule has 0 aliphatic heterocycles. The average Bonchev–Trinajstić information content (AvgIpc) is 2.68. The molecular weight excluding hydrogens is 344 g/mol. The number of carbonyl (C=O) groups is 2. The standard InChI is InChI=1S/C21H18N2O4/c1-15(24)18-6-2-3-7-19(18)23-20(25)14-26-16-9-11-17(12-10-16)27-21-8-4-5-13-22-21/h2-13H,14H2,1H3,(H,23,25). The van der Waals surface area contributed by atoms with Gasteiger partial charge in [-0.25, -0.2) is 4.98 Å². The van der Waals surface area contributed by atoms with Crippen molar-refractivity contribution in [3.63, 3.8) is 0 Å². The van der Waals surface area contributed by atoms with Crippen molar-refractivity contribution in [3.05, 3.63) is 78.5 Å². The zero-order chi connectivity index (χ0) is 19.1. The highest BCUT2D eigenvalue weighted by Crippen LogP contribution is 2.22. The molecule has 27 heavy (non-hydrogen) atoms. The van der Waals surface area contributed by atoms with Crippen molar-refractivity contribution >= 4 is 17.4 Å². The maximum atomic E-state index is 12.1. The van der Waals surface area contributed by atoms with Crippen molar-refractivity contribution in [1.29, 1.82) is 0 Å². The van der Waals surface area contributed by atoms with Gasteiger partial charge in [0, 0.05) is 17.8 Å². The summed E-state index contributed by atoms with van der Waals surface area (Å²) in [7, 11) is 0. The quantitative estimate of drug-likeness (QED) is 0.641. The van der Waals surface area contributed by atoms with E-state index in [1.54, 1.807) is 60.8 Å². The van der Waals surface area contributed by atoms with Gasteiger partial charge in [0.15, 0.2) is 12.4 Å². The van der Waals surface area contributed by atoms with Crippen molar-refractivity contribution in [2.45, 2.75) is 6.92 Å². The second kappa shape index (κ2) is 8.62. The predicted octanol–water partition coefficient (Wildman–Crippen LogP) is 4.09. The third kappa shape index (κ3) is 5.15. The highest BCUT2D eigenvalue weighted by molar-refractivity contribution is 6.03. The number of Topliss-reactive ketones (excluding diaryl/α,β-unsaturated/α-hetero) is 1. The second-order valence-electron chi connectivity index (χ2n) is 5.68. The van der Waals surface area contributed by atoms with E-state index in [2.05, 4.69) is 10.3 Å². The Labute approximate surface area is 156 Å². The summed E-state index contributed by atoms with van der Waals surface area (Å²) < 4.78 is 11.1. The molecule has 3 aromatic rings. The number of amides is 1. The van der Waals surface area contributed by atoms with E-state index in [1.165, 1.54) is 6.92 Å². The monoisotopic (exact) mass is 362 g/mol. The number of rotatable bonds is 7. The molecule has 0 saturated heterocycles. The molecule has 0 atom stereocenters. The molecule has 0 saturated carbocycles. The van der Waals surface area contributed by atoms with E-state index in [0.717, 1.165) is 0 Å². The lowest BCUT2D eigenvalue weighted by Gasteiger charge is -2.10. The van der Waals surface area contributed by atoms with Gasteiger partial charge in [0.05, 0.1) is 5.69 Å². The molecular formula is C21H18N2O4. The minimum Gasteiger partial charge on any atom is -0.484 e. The molecule has 0 fully saturated rings. The van der Waals surface area contributed by atoms with E-state index in [1.807, 2.05) is 12.1 Å². The Morgan fingerprint density at radius 2 is 1.63 bits per heavy atom. The van der Waals surface area contributed by atoms with Crippen molar-refractivity contribution in [1.82, 2.24) is 4.98 Å². The van der Waals surface area contributed by atoms with E-state index >= 15 is 0 Å². The smallest absolute Gasteiger partial charge is 0.262 e. The molecule has 6 heteroatoms. The highest BCUT2D eigenvalue weighted by atomic mass is 16.5. The van der Waals surface area contributed by atoms with E-state index in [0.29, 0.717) is 28.6 Å². The summed E-state index contributed by atoms with van der Waals surface area (Å²) in [6.45, 7) is 1.28. The summed E-state index contributed by atoms with van der Waals surface area (Å²) in [4.78, 5) is 27.8. The fourth-order valence-electron chi connectivity index (χ4n) is 2.37. The zero-order valence-corrected chi connectivity index (χ0v) is 14.7. The largest absolute Gasteiger partial charge is 0.484 e. The van der Waals surface area contributed by atoms with E-state index < -0.39 is 0 Å². The molecule has 2 aromatic carbocycles. The summed E-state index contributed by atoms with van der Waals surface area (Å²) >= 11 is 0. The number of para-hydroxylation sites is 1. The Morgan fingerprint density at radius 3 is 2.33 bits per heavy atom. The number of aromatic nitrogens is 1. The number of benzene rings is 2. The summed E-state index contributed by atoms with van der Waals surface area (Å²) in [6, 6.07) is 19.1. The molecule has 0 aliphatic carbocycles. The van der Waals surface area contributed by atoms with Gasteiger partial charge in [0.1, 0.15) is 11.5 Å². The maximum Gasteiger partial charge on any atom is 0.262 e. The predicted molar refractivity (Wildman–Crippen MR) is 101 cm³/mol. The van der Waals surface area contributed by atoms with E-state index in [-0.39, 0.29) is 18.3 Å². The van der Waals surface area contributed by atoms with Crippen molar-refractivity contribution in [2.24, 2.45) is 0 Å². The van der Waals surface area contributed by atoms with Gasteiger partial charge in [0.2, 0.25) is 5.88 Å². The number of nitrogens with zero attached hydrogens (tertiary/aromatic N) is 1. The summed E-state index contributed by atoms with van der Waals surface area (Å²) in [5.74, 6) is 1.17. The minimum atomic E-state index is -0.350. The van der Waals surface area contributed by atoms with Gasteiger partial charge in [-0.05, 0) is 49.4 Å². The van der Waals surface area contributed by atoms with Crippen LogP contribution in [0.25, 0.3) is 0 Å². The molecule has 0 spiro atoms. The number of hydrogen-bond donors (Lipinski definition) is 1. The van der Waals surface area contributed by atoms with E-state index in [4.69, 9.17) is 9.47 Å². The van der Waals surface area contributed by atoms with Crippen LogP contribution in [0.2, 0.25) is 0 Å². The first-order chi connectivity index (χ1) is 13.1. The van der Waals surface area contributed by atoms with Crippen molar-refractivity contribution < 1.29 is 19.1 Å². The van der Waals surface area contributed by atoms with Crippen molar-refractivity contribution in [2.75, 3.05) is 11.9 Å². The van der Waals surface area contributed by atoms with Gasteiger partial charge in [-0.2, -0.15) is 0 Å². The van der Waals surface area contributed by atoms with Gasteiger partial charge >= 0.3 is 0 Å². The van der Waals surface area contributed by atoms with Gasteiger partial charge in [-0.15, -0.1) is 0 Å². The molecule has 1 aromatic heterocycles. The lowest BCUT2D eigenvalue weighted by atomic mass is 10.1. The highest BCUT2D eigenvalue weighted by Gasteiger charge is 2.10. The zero-order valence-electron chi connectivity index (χ0n) is 14.7. The number of anilines is 1. The lowest BCUT2D eigenvalue weighted by molar-refractivity contribution is -0.118. The van der Waals surface area contributed by atoms with Crippen LogP contribution in [0, 0.1) is 0 Å². The Balaban J connectivity index is 1.54. The maximum absolute atomic E-state index is 12.1. The summed E-state index contributed by atoms with van der Waals surface area (Å²) in [5.41, 5.74) is 0.930. The first-order valence-electron chi connectivity index (χ1n) is 8.33. The topological polar surface area (TPSA) is 77.5 Å². The first kappa shape index (κ1) is 18.1. The molecule has 136 valence electrons. The van der Waals surface area contributed by atoms with Gasteiger partial charge in [-0.3, -0.25) is 9.59 Å². The van der Waals surface area contributed by atoms with Crippen LogP contribution in [0.3, 0.4) is 0 Å². The Morgan fingerprint density at radius 1 is 0.926 bits per heavy atom. The molecule has 0 aliphatic rings. The van der Waals surface area contributed by atoms with Crippen molar-refractivity contribution in [3.8, 4) is 17.4 Å². The SMILES string of the molecule is CC(=O)c1ccccc1NC(=O)COc1ccc(Oc2ccccn2)cc1. The van der Waals surface area contributed by atoms with Crippen LogP contribution in [0.15, 0.2) is 72.9 Å². The van der Waals surface area contributed by atoms with Crippen LogP contribution in [0.4, 0.5) is 5.69 Å². The third-order valence-electron chi connectivity index (χ3n) is 3.63. The van der Waals surface area contributed by atoms with Crippen LogP contribution in [0.1, 0.15) is 17.3 Å². The molecule has 0 unspecified atom stereocenters. The summed E-state index contributed by atoms with van der Waals surface area (Å²) in [5, 5.41) is 2.69. The number of hydrogen-bond acceptors (Lipinski definition) is 5. The minimum absolute atomic E-state index is 0.115. The lowest BCUT2D eigenvalue weighted by Crippen LogP contribution is -2.21. The van der Waals surface area contributed by atoms with Crippen LogP contribution in [0.5, 0.6) is 17.4 Å². The van der Waals surface area contributed by atoms with Gasteiger partial charge < -0.3 is 14.8 Å². The van der Waals surface area contributed by atoms with Crippen LogP contribution < -0.4 is 14.8 Å². The summed E-state index contributed by atoms with van der Waals surface area (Å²) in [6.07, 6.45) is 1.65. The Kier molecular flexibility index (Phi) is 5.79. The Hall–Kier alpha value is -3.67. The fraction of sp³-hybridized carbons (Fsp3) is 0.0952. The molecule has 0 bridgehead atoms. The van der Waals surface area contributed by atoms with Crippen LogP contribution in [-0.4, -0.2) is 23.3 Å². The van der Waals surface area contributed by atoms with Crippen LogP contribution in [-0.2, 0) is 4.79 Å². The first-order valence-corrected chi connectivity index (χ1v) is 8.33. The second-order valence-corrected chi connectivity index (χ2v) is 5.68.